The fourth-order valence-corrected chi connectivity index (χ4v) is 2.62. The molecule has 0 aromatic rings. The molecule has 0 aromatic carbocycles. The van der Waals surface area contributed by atoms with E-state index in [4.69, 9.17) is 4.74 Å². The first kappa shape index (κ1) is 19.4. The molecule has 0 radical (unpaired) electrons. The zero-order valence-electron chi connectivity index (χ0n) is 14.4. The number of carbonyl (C=O) groups is 2. The molecule has 1 unspecified atom stereocenters. The quantitative estimate of drug-likeness (QED) is 0.411. The number of rotatable bonds is 10. The lowest BCUT2D eigenvalue weighted by Gasteiger charge is -2.30. The first-order valence-corrected chi connectivity index (χ1v) is 8.34. The summed E-state index contributed by atoms with van der Waals surface area (Å²) in [6.45, 7) is 7.69. The Morgan fingerprint density at radius 2 is 2.04 bits per heavy atom. The van der Waals surface area contributed by atoms with E-state index in [1.54, 1.807) is 13.8 Å². The lowest BCUT2D eigenvalue weighted by Crippen LogP contribution is -2.51. The Balaban J connectivity index is 2.91. The highest BCUT2D eigenvalue weighted by Gasteiger charge is 2.30. The van der Waals surface area contributed by atoms with Gasteiger partial charge in [0, 0.05) is 18.8 Å². The minimum absolute atomic E-state index is 0.0376. The van der Waals surface area contributed by atoms with Gasteiger partial charge in [0.05, 0.1) is 24.8 Å². The third kappa shape index (κ3) is 6.19. The average molecular weight is 327 g/mol. The Kier molecular flexibility index (Phi) is 8.65. The van der Waals surface area contributed by atoms with Gasteiger partial charge in [0.2, 0.25) is 0 Å². The summed E-state index contributed by atoms with van der Waals surface area (Å²) in [4.78, 5) is 26.0. The zero-order valence-corrected chi connectivity index (χ0v) is 14.4. The highest BCUT2D eigenvalue weighted by molar-refractivity contribution is 5.94. The van der Waals surface area contributed by atoms with E-state index < -0.39 is 12.0 Å². The van der Waals surface area contributed by atoms with Crippen LogP contribution in [0.4, 0.5) is 4.79 Å². The van der Waals surface area contributed by atoms with Gasteiger partial charge in [0.15, 0.2) is 0 Å². The third-order valence-corrected chi connectivity index (χ3v) is 3.74. The van der Waals surface area contributed by atoms with Crippen molar-refractivity contribution in [2.75, 3.05) is 32.8 Å². The summed E-state index contributed by atoms with van der Waals surface area (Å²) in [5.74, 6) is -0.417. The molecular weight excluding hydrogens is 298 g/mol. The number of amides is 2. The van der Waals surface area contributed by atoms with Gasteiger partial charge in [-0.3, -0.25) is 4.90 Å². The number of aliphatic hydroxyl groups excluding tert-OH is 1. The Morgan fingerprint density at radius 1 is 1.30 bits per heavy atom. The molecule has 0 saturated carbocycles. The van der Waals surface area contributed by atoms with Gasteiger partial charge in [-0.1, -0.05) is 19.8 Å². The van der Waals surface area contributed by atoms with Crippen molar-refractivity contribution < 1.29 is 19.4 Å². The molecule has 1 aliphatic heterocycles. The Labute approximate surface area is 138 Å². The van der Waals surface area contributed by atoms with Crippen LogP contribution in [0, 0.1) is 0 Å². The van der Waals surface area contributed by atoms with Gasteiger partial charge in [-0.2, -0.15) is 0 Å². The van der Waals surface area contributed by atoms with Gasteiger partial charge in [-0.25, -0.2) is 9.59 Å². The Hall–Kier alpha value is -1.60. The SMILES string of the molecule is CCCCCN(CCO)CC1=C(C(=O)OCC)C(C)NC(=O)N1. The van der Waals surface area contributed by atoms with Crippen LogP contribution in [0.1, 0.15) is 40.0 Å². The van der Waals surface area contributed by atoms with Crippen LogP contribution < -0.4 is 10.6 Å². The molecule has 0 fully saturated rings. The summed E-state index contributed by atoms with van der Waals surface area (Å²) >= 11 is 0. The molecule has 7 nitrogen and oxygen atoms in total. The minimum atomic E-state index is -0.417. The summed E-state index contributed by atoms with van der Waals surface area (Å²) < 4.78 is 5.10. The number of carbonyl (C=O) groups excluding carboxylic acids is 2. The van der Waals surface area contributed by atoms with Gasteiger partial charge in [0.25, 0.3) is 0 Å². The predicted molar refractivity (Wildman–Crippen MR) is 87.8 cm³/mol. The molecule has 1 heterocycles. The highest BCUT2D eigenvalue weighted by Crippen LogP contribution is 2.15. The standard InChI is InChI=1S/C16H29N3O4/c1-4-6-7-8-19(9-10-20)11-13-14(15(21)23-5-2)12(3)17-16(22)18-13/h12,20H,4-11H2,1-3H3,(H2,17,18,22). The number of unbranched alkanes of at least 4 members (excludes halogenated alkanes) is 2. The number of esters is 1. The average Bonchev–Trinajstić information content (AvgIpc) is 2.47. The van der Waals surface area contributed by atoms with Gasteiger partial charge >= 0.3 is 12.0 Å². The van der Waals surface area contributed by atoms with E-state index in [2.05, 4.69) is 17.6 Å². The molecular formula is C16H29N3O4. The second-order valence-corrected chi connectivity index (χ2v) is 5.64. The lowest BCUT2D eigenvalue weighted by molar-refractivity contribution is -0.139. The van der Waals surface area contributed by atoms with E-state index >= 15 is 0 Å². The van der Waals surface area contributed by atoms with E-state index in [0.717, 1.165) is 25.8 Å². The Morgan fingerprint density at radius 3 is 2.65 bits per heavy atom. The maximum absolute atomic E-state index is 12.2. The second-order valence-electron chi connectivity index (χ2n) is 5.64. The van der Waals surface area contributed by atoms with Crippen LogP contribution in [-0.4, -0.2) is 60.9 Å². The van der Waals surface area contributed by atoms with Crippen LogP contribution >= 0.6 is 0 Å². The number of aliphatic hydroxyl groups is 1. The van der Waals surface area contributed by atoms with Crippen LogP contribution in [0.5, 0.6) is 0 Å². The van der Waals surface area contributed by atoms with Crippen LogP contribution in [-0.2, 0) is 9.53 Å². The van der Waals surface area contributed by atoms with E-state index in [9.17, 15) is 14.7 Å². The van der Waals surface area contributed by atoms with Crippen molar-refractivity contribution in [3.63, 3.8) is 0 Å². The maximum atomic E-state index is 12.2. The molecule has 0 spiro atoms. The Bertz CT molecular complexity index is 437. The summed E-state index contributed by atoms with van der Waals surface area (Å²) in [6.07, 6.45) is 3.23. The maximum Gasteiger partial charge on any atom is 0.337 e. The minimum Gasteiger partial charge on any atom is -0.463 e. The summed E-state index contributed by atoms with van der Waals surface area (Å²) in [5.41, 5.74) is 1.01. The number of hydrogen-bond donors (Lipinski definition) is 3. The van der Waals surface area contributed by atoms with Gasteiger partial charge in [-0.15, -0.1) is 0 Å². The van der Waals surface area contributed by atoms with Crippen molar-refractivity contribution in [1.29, 1.82) is 0 Å². The molecule has 132 valence electrons. The summed E-state index contributed by atoms with van der Waals surface area (Å²) in [5, 5.41) is 14.6. The van der Waals surface area contributed by atoms with Crippen LogP contribution in [0.15, 0.2) is 11.3 Å². The van der Waals surface area contributed by atoms with Crippen molar-refractivity contribution in [2.45, 2.75) is 46.1 Å². The van der Waals surface area contributed by atoms with Crippen LogP contribution in [0.2, 0.25) is 0 Å². The molecule has 23 heavy (non-hydrogen) atoms. The van der Waals surface area contributed by atoms with Crippen molar-refractivity contribution >= 4 is 12.0 Å². The van der Waals surface area contributed by atoms with Crippen LogP contribution in [0.3, 0.4) is 0 Å². The fraction of sp³-hybridized carbons (Fsp3) is 0.750. The largest absolute Gasteiger partial charge is 0.463 e. The van der Waals surface area contributed by atoms with E-state index in [1.165, 1.54) is 0 Å². The van der Waals surface area contributed by atoms with Gasteiger partial charge < -0.3 is 20.5 Å². The number of ether oxygens (including phenoxy) is 1. The summed E-state index contributed by atoms with van der Waals surface area (Å²) in [7, 11) is 0. The molecule has 2 amide bonds. The fourth-order valence-electron chi connectivity index (χ4n) is 2.62. The smallest absolute Gasteiger partial charge is 0.337 e. The van der Waals surface area contributed by atoms with E-state index in [1.807, 2.05) is 4.90 Å². The van der Waals surface area contributed by atoms with E-state index in [0.29, 0.717) is 24.4 Å². The van der Waals surface area contributed by atoms with Crippen molar-refractivity contribution in [3.05, 3.63) is 11.3 Å². The zero-order chi connectivity index (χ0) is 17.2. The van der Waals surface area contributed by atoms with Crippen molar-refractivity contribution in [2.24, 2.45) is 0 Å². The molecule has 0 aliphatic carbocycles. The highest BCUT2D eigenvalue weighted by atomic mass is 16.5. The first-order valence-electron chi connectivity index (χ1n) is 8.34. The predicted octanol–water partition coefficient (Wildman–Crippen LogP) is 0.989. The monoisotopic (exact) mass is 327 g/mol. The number of nitrogens with one attached hydrogen (secondary N) is 2. The first-order chi connectivity index (χ1) is 11.0. The molecule has 0 bridgehead atoms. The third-order valence-electron chi connectivity index (χ3n) is 3.74. The van der Waals surface area contributed by atoms with Crippen LogP contribution in [0.25, 0.3) is 0 Å². The number of hydrogen-bond acceptors (Lipinski definition) is 5. The topological polar surface area (TPSA) is 90.9 Å². The van der Waals surface area contributed by atoms with Gasteiger partial charge in [0.1, 0.15) is 0 Å². The molecule has 7 heteroatoms. The molecule has 0 saturated heterocycles. The second kappa shape index (κ2) is 10.2. The van der Waals surface area contributed by atoms with Crippen molar-refractivity contribution in [3.8, 4) is 0 Å². The lowest BCUT2D eigenvalue weighted by atomic mass is 10.0. The molecule has 1 atom stereocenters. The molecule has 1 aliphatic rings. The number of nitrogens with zero attached hydrogens (tertiary/aromatic N) is 1. The molecule has 3 N–H and O–H groups in total. The van der Waals surface area contributed by atoms with E-state index in [-0.39, 0.29) is 19.2 Å². The normalized spacial score (nSPS) is 18.0. The van der Waals surface area contributed by atoms with Crippen molar-refractivity contribution in [1.82, 2.24) is 15.5 Å². The molecule has 1 rings (SSSR count). The number of urea groups is 1. The molecule has 0 aromatic heterocycles. The van der Waals surface area contributed by atoms with Gasteiger partial charge in [-0.05, 0) is 26.8 Å². The summed E-state index contributed by atoms with van der Waals surface area (Å²) in [6, 6.07) is -0.720.